The van der Waals surface area contributed by atoms with Gasteiger partial charge in [0, 0.05) is 6.42 Å². The van der Waals surface area contributed by atoms with Crippen LogP contribution in [0.1, 0.15) is 17.1 Å². The second kappa shape index (κ2) is 6.34. The highest BCUT2D eigenvalue weighted by atomic mass is 16.3. The van der Waals surface area contributed by atoms with Crippen LogP contribution in [0.15, 0.2) is 46.9 Å². The summed E-state index contributed by atoms with van der Waals surface area (Å²) in [5, 5.41) is 0. The number of ketones is 1. The summed E-state index contributed by atoms with van der Waals surface area (Å²) in [6, 6.07) is 13.7. The molecular formula is C16H19NO2. The van der Waals surface area contributed by atoms with Crippen LogP contribution in [0.25, 0.3) is 0 Å². The quantitative estimate of drug-likeness (QED) is 0.798. The van der Waals surface area contributed by atoms with E-state index in [0.29, 0.717) is 19.5 Å². The van der Waals surface area contributed by atoms with E-state index in [4.69, 9.17) is 4.42 Å². The maximum absolute atomic E-state index is 11.9. The second-order valence-corrected chi connectivity index (χ2v) is 4.89. The van der Waals surface area contributed by atoms with E-state index in [9.17, 15) is 4.79 Å². The standard InChI is InChI=1S/C16H19NO2/c1-13-8-9-16(19-13)12-17(2)11-15(18)10-14-6-4-3-5-7-14/h3-9H,10-12H2,1-2H3. The van der Waals surface area contributed by atoms with Crippen LogP contribution in [0, 0.1) is 6.92 Å². The molecule has 0 radical (unpaired) electrons. The van der Waals surface area contributed by atoms with Gasteiger partial charge in [0.15, 0.2) is 5.78 Å². The van der Waals surface area contributed by atoms with E-state index in [1.54, 1.807) is 0 Å². The van der Waals surface area contributed by atoms with Gasteiger partial charge in [0.25, 0.3) is 0 Å². The number of hydrogen-bond acceptors (Lipinski definition) is 3. The minimum absolute atomic E-state index is 0.219. The third-order valence-corrected chi connectivity index (χ3v) is 2.91. The monoisotopic (exact) mass is 257 g/mol. The van der Waals surface area contributed by atoms with Crippen molar-refractivity contribution in [2.45, 2.75) is 19.9 Å². The fourth-order valence-corrected chi connectivity index (χ4v) is 2.07. The Morgan fingerprint density at radius 3 is 2.53 bits per heavy atom. The number of carbonyl (C=O) groups is 1. The third-order valence-electron chi connectivity index (χ3n) is 2.91. The van der Waals surface area contributed by atoms with Crippen molar-refractivity contribution in [2.24, 2.45) is 0 Å². The number of aryl methyl sites for hydroxylation is 1. The smallest absolute Gasteiger partial charge is 0.151 e. The summed E-state index contributed by atoms with van der Waals surface area (Å²) in [5.74, 6) is 2.02. The van der Waals surface area contributed by atoms with Crippen molar-refractivity contribution in [1.29, 1.82) is 0 Å². The van der Waals surface area contributed by atoms with Crippen LogP contribution < -0.4 is 0 Å². The molecule has 0 fully saturated rings. The van der Waals surface area contributed by atoms with E-state index in [1.165, 1.54) is 0 Å². The maximum Gasteiger partial charge on any atom is 0.151 e. The molecule has 1 aromatic heterocycles. The lowest BCUT2D eigenvalue weighted by molar-refractivity contribution is -0.119. The predicted octanol–water partition coefficient (Wildman–Crippen LogP) is 2.83. The molecule has 3 heteroatoms. The molecule has 0 aliphatic heterocycles. The molecule has 2 aromatic rings. The molecule has 0 bridgehead atoms. The molecule has 0 aliphatic rings. The summed E-state index contributed by atoms with van der Waals surface area (Å²) < 4.78 is 5.50. The summed E-state index contributed by atoms with van der Waals surface area (Å²) in [4.78, 5) is 13.9. The average Bonchev–Trinajstić information content (AvgIpc) is 2.75. The number of likely N-dealkylation sites (N-methyl/N-ethyl adjacent to an activating group) is 1. The molecule has 1 aromatic carbocycles. The van der Waals surface area contributed by atoms with E-state index in [2.05, 4.69) is 0 Å². The van der Waals surface area contributed by atoms with E-state index < -0.39 is 0 Å². The van der Waals surface area contributed by atoms with Crippen molar-refractivity contribution in [2.75, 3.05) is 13.6 Å². The molecule has 19 heavy (non-hydrogen) atoms. The van der Waals surface area contributed by atoms with Gasteiger partial charge in [-0.3, -0.25) is 9.69 Å². The first kappa shape index (κ1) is 13.6. The number of nitrogens with zero attached hydrogens (tertiary/aromatic N) is 1. The Morgan fingerprint density at radius 2 is 1.89 bits per heavy atom. The van der Waals surface area contributed by atoms with Gasteiger partial charge in [0.1, 0.15) is 11.5 Å². The van der Waals surface area contributed by atoms with Crippen molar-refractivity contribution in [3.05, 3.63) is 59.5 Å². The molecule has 3 nitrogen and oxygen atoms in total. The Morgan fingerprint density at radius 1 is 1.16 bits per heavy atom. The van der Waals surface area contributed by atoms with Crippen LogP contribution in [0.4, 0.5) is 0 Å². The number of benzene rings is 1. The van der Waals surface area contributed by atoms with Gasteiger partial charge in [-0.2, -0.15) is 0 Å². The van der Waals surface area contributed by atoms with Gasteiger partial charge in [0.2, 0.25) is 0 Å². The molecular weight excluding hydrogens is 238 g/mol. The number of furan rings is 1. The maximum atomic E-state index is 11.9. The fraction of sp³-hybridized carbons (Fsp3) is 0.312. The van der Waals surface area contributed by atoms with Gasteiger partial charge in [-0.25, -0.2) is 0 Å². The summed E-state index contributed by atoms with van der Waals surface area (Å²) >= 11 is 0. The lowest BCUT2D eigenvalue weighted by Crippen LogP contribution is -2.26. The molecule has 2 rings (SSSR count). The Labute approximate surface area is 113 Å². The molecule has 0 saturated heterocycles. The lowest BCUT2D eigenvalue weighted by Gasteiger charge is -2.14. The van der Waals surface area contributed by atoms with Crippen LogP contribution in [0.2, 0.25) is 0 Å². The highest BCUT2D eigenvalue weighted by Crippen LogP contribution is 2.09. The topological polar surface area (TPSA) is 33.5 Å². The van der Waals surface area contributed by atoms with Crippen LogP contribution in [0.5, 0.6) is 0 Å². The number of carbonyl (C=O) groups excluding carboxylic acids is 1. The highest BCUT2D eigenvalue weighted by Gasteiger charge is 2.09. The zero-order valence-corrected chi connectivity index (χ0v) is 11.4. The first-order valence-electron chi connectivity index (χ1n) is 6.43. The van der Waals surface area contributed by atoms with Crippen LogP contribution in [0.3, 0.4) is 0 Å². The highest BCUT2D eigenvalue weighted by molar-refractivity contribution is 5.82. The van der Waals surface area contributed by atoms with Crippen molar-refractivity contribution < 1.29 is 9.21 Å². The third kappa shape index (κ3) is 4.38. The van der Waals surface area contributed by atoms with Gasteiger partial charge >= 0.3 is 0 Å². The van der Waals surface area contributed by atoms with Crippen molar-refractivity contribution in [1.82, 2.24) is 4.90 Å². The van der Waals surface area contributed by atoms with Crippen molar-refractivity contribution in [3.8, 4) is 0 Å². The molecule has 0 saturated carbocycles. The van der Waals surface area contributed by atoms with Gasteiger partial charge in [-0.1, -0.05) is 30.3 Å². The molecule has 100 valence electrons. The lowest BCUT2D eigenvalue weighted by atomic mass is 10.1. The Hall–Kier alpha value is -1.87. The van der Waals surface area contributed by atoms with Gasteiger partial charge in [-0.05, 0) is 31.7 Å². The number of rotatable bonds is 6. The number of Topliss-reactive ketones (excluding diaryl/α,β-unsaturated/α-hetero) is 1. The average molecular weight is 257 g/mol. The largest absolute Gasteiger partial charge is 0.465 e. The Balaban J connectivity index is 1.82. The molecule has 1 heterocycles. The van der Waals surface area contributed by atoms with Crippen molar-refractivity contribution in [3.63, 3.8) is 0 Å². The first-order valence-corrected chi connectivity index (χ1v) is 6.43. The first-order chi connectivity index (χ1) is 9.13. The van der Waals surface area contributed by atoms with Crippen LogP contribution >= 0.6 is 0 Å². The van der Waals surface area contributed by atoms with Gasteiger partial charge in [0.05, 0.1) is 13.1 Å². The predicted molar refractivity (Wildman–Crippen MR) is 74.9 cm³/mol. The van der Waals surface area contributed by atoms with Crippen LogP contribution in [-0.2, 0) is 17.8 Å². The van der Waals surface area contributed by atoms with Crippen LogP contribution in [-0.4, -0.2) is 24.3 Å². The summed E-state index contributed by atoms with van der Waals surface area (Å²) in [6.07, 6.45) is 0.488. The zero-order valence-electron chi connectivity index (χ0n) is 11.4. The molecule has 0 atom stereocenters. The molecule has 0 spiro atoms. The summed E-state index contributed by atoms with van der Waals surface area (Å²) in [7, 11) is 1.93. The van der Waals surface area contributed by atoms with E-state index in [0.717, 1.165) is 17.1 Å². The molecule has 0 aliphatic carbocycles. The minimum atomic E-state index is 0.219. The SMILES string of the molecule is Cc1ccc(CN(C)CC(=O)Cc2ccccc2)o1. The minimum Gasteiger partial charge on any atom is -0.465 e. The normalized spacial score (nSPS) is 10.9. The molecule has 0 amide bonds. The van der Waals surface area contributed by atoms with E-state index in [-0.39, 0.29) is 5.78 Å². The summed E-state index contributed by atoms with van der Waals surface area (Å²) in [5.41, 5.74) is 1.06. The van der Waals surface area contributed by atoms with Gasteiger partial charge < -0.3 is 4.42 Å². The molecule has 0 N–H and O–H groups in total. The van der Waals surface area contributed by atoms with E-state index in [1.807, 2.05) is 61.3 Å². The molecule has 0 unspecified atom stereocenters. The second-order valence-electron chi connectivity index (χ2n) is 4.89. The number of hydrogen-bond donors (Lipinski definition) is 0. The van der Waals surface area contributed by atoms with Crippen molar-refractivity contribution >= 4 is 5.78 Å². The van der Waals surface area contributed by atoms with E-state index >= 15 is 0 Å². The van der Waals surface area contributed by atoms with Gasteiger partial charge in [-0.15, -0.1) is 0 Å². The Bertz CT molecular complexity index is 531. The summed E-state index contributed by atoms with van der Waals surface area (Å²) in [6.45, 7) is 3.02. The fourth-order valence-electron chi connectivity index (χ4n) is 2.07. The zero-order chi connectivity index (χ0) is 13.7. The Kier molecular flexibility index (Phi) is 4.53.